The molecule has 8 heteroatoms. The Labute approximate surface area is 93.0 Å². The van der Waals surface area contributed by atoms with Gasteiger partial charge in [0, 0.05) is 13.1 Å². The summed E-state index contributed by atoms with van der Waals surface area (Å²) in [7, 11) is 0. The molecule has 0 bridgehead atoms. The zero-order chi connectivity index (χ0) is 12.6. The summed E-state index contributed by atoms with van der Waals surface area (Å²) in [6, 6.07) is 0. The molecule has 0 aliphatic carbocycles. The Morgan fingerprint density at radius 1 is 1.00 bits per heavy atom. The minimum atomic E-state index is -1.04. The lowest BCUT2D eigenvalue weighted by atomic mass is 10.4. The molecule has 0 saturated carbocycles. The largest absolute Gasteiger partial charge is 0.599 e. The normalized spacial score (nSPS) is 9.38. The average molecular weight is 232 g/mol. The number of hydrogen-bond acceptors (Lipinski definition) is 6. The maximum absolute atomic E-state index is 10.5. The standard InChI is InChI=1S/C8H16N4O4/c1-3-5-9-7(10-6-4-2)8(11(13)14)12(15)16/h9-10H,3-6H2,1-2H3. The molecule has 0 atom stereocenters. The molecule has 16 heavy (non-hydrogen) atoms. The van der Waals surface area contributed by atoms with E-state index in [1.54, 1.807) is 0 Å². The van der Waals surface area contributed by atoms with Crippen LogP contribution in [-0.4, -0.2) is 22.9 Å². The van der Waals surface area contributed by atoms with E-state index in [9.17, 15) is 20.2 Å². The summed E-state index contributed by atoms with van der Waals surface area (Å²) in [4.78, 5) is 19.1. The minimum absolute atomic E-state index is 0.126. The van der Waals surface area contributed by atoms with E-state index in [1.807, 2.05) is 13.8 Å². The van der Waals surface area contributed by atoms with Crippen molar-refractivity contribution in [2.75, 3.05) is 13.1 Å². The lowest BCUT2D eigenvalue weighted by Gasteiger charge is -2.08. The third-order valence-corrected chi connectivity index (χ3v) is 1.67. The smallest absolute Gasteiger partial charge is 0.360 e. The molecule has 0 aromatic rings. The first kappa shape index (κ1) is 14.1. The zero-order valence-corrected chi connectivity index (χ0v) is 9.36. The number of nitrogens with zero attached hydrogens (tertiary/aromatic N) is 2. The van der Waals surface area contributed by atoms with E-state index in [0.29, 0.717) is 13.1 Å². The Hall–Kier alpha value is -1.86. The Morgan fingerprint density at radius 2 is 1.38 bits per heavy atom. The van der Waals surface area contributed by atoms with Crippen LogP contribution in [0.3, 0.4) is 0 Å². The molecular formula is C8H16N4O4. The van der Waals surface area contributed by atoms with Crippen molar-refractivity contribution in [3.8, 4) is 0 Å². The van der Waals surface area contributed by atoms with E-state index in [-0.39, 0.29) is 5.82 Å². The molecule has 2 N–H and O–H groups in total. The van der Waals surface area contributed by atoms with Crippen molar-refractivity contribution in [2.45, 2.75) is 26.7 Å². The quantitative estimate of drug-likeness (QED) is 0.470. The third-order valence-electron chi connectivity index (χ3n) is 1.67. The van der Waals surface area contributed by atoms with Gasteiger partial charge >= 0.3 is 5.82 Å². The van der Waals surface area contributed by atoms with E-state index in [2.05, 4.69) is 10.6 Å². The van der Waals surface area contributed by atoms with Gasteiger partial charge in [0.1, 0.15) is 9.85 Å². The van der Waals surface area contributed by atoms with Crippen LogP contribution in [0.2, 0.25) is 0 Å². The maximum atomic E-state index is 10.5. The van der Waals surface area contributed by atoms with Gasteiger partial charge in [-0.2, -0.15) is 0 Å². The van der Waals surface area contributed by atoms with Gasteiger partial charge < -0.3 is 10.6 Å². The van der Waals surface area contributed by atoms with Crippen molar-refractivity contribution < 1.29 is 9.85 Å². The van der Waals surface area contributed by atoms with Gasteiger partial charge in [-0.1, -0.05) is 13.8 Å². The van der Waals surface area contributed by atoms with Gasteiger partial charge in [0.05, 0.1) is 0 Å². The van der Waals surface area contributed by atoms with Crippen molar-refractivity contribution in [1.82, 2.24) is 10.6 Å². The second-order valence-electron chi connectivity index (χ2n) is 3.07. The van der Waals surface area contributed by atoms with Crippen LogP contribution in [-0.2, 0) is 0 Å². The first-order valence-electron chi connectivity index (χ1n) is 5.05. The molecule has 0 aliphatic heterocycles. The van der Waals surface area contributed by atoms with Gasteiger partial charge in [0.15, 0.2) is 0 Å². The highest BCUT2D eigenvalue weighted by atomic mass is 16.7. The van der Waals surface area contributed by atoms with Gasteiger partial charge in [-0.3, -0.25) is 20.2 Å². The first-order chi connectivity index (χ1) is 7.54. The SMILES string of the molecule is CCCNC(NCCC)=C([N+](=O)[O-])[N+](=O)[O-]. The monoisotopic (exact) mass is 232 g/mol. The van der Waals surface area contributed by atoms with Gasteiger partial charge in [-0.25, -0.2) is 0 Å². The Bertz CT molecular complexity index is 264. The molecule has 0 aliphatic rings. The second kappa shape index (κ2) is 7.43. The first-order valence-corrected chi connectivity index (χ1v) is 5.05. The summed E-state index contributed by atoms with van der Waals surface area (Å²) in [6.45, 7) is 4.61. The summed E-state index contributed by atoms with van der Waals surface area (Å²) < 4.78 is 0. The van der Waals surface area contributed by atoms with Crippen LogP contribution in [0.5, 0.6) is 0 Å². The molecule has 0 heterocycles. The number of nitrogens with one attached hydrogen (secondary N) is 2. The highest BCUT2D eigenvalue weighted by Crippen LogP contribution is 2.01. The van der Waals surface area contributed by atoms with Gasteiger partial charge in [0.2, 0.25) is 0 Å². The van der Waals surface area contributed by atoms with Crippen LogP contribution in [0.25, 0.3) is 0 Å². The molecule has 8 nitrogen and oxygen atoms in total. The molecule has 0 aromatic heterocycles. The molecule has 0 fully saturated rings. The Balaban J connectivity index is 4.94. The Morgan fingerprint density at radius 3 is 1.62 bits per heavy atom. The molecule has 0 unspecified atom stereocenters. The van der Waals surface area contributed by atoms with E-state index in [1.165, 1.54) is 0 Å². The molecule has 0 rings (SSSR count). The fourth-order valence-corrected chi connectivity index (χ4v) is 0.970. The number of nitro groups is 2. The van der Waals surface area contributed by atoms with E-state index < -0.39 is 15.7 Å². The van der Waals surface area contributed by atoms with Crippen molar-refractivity contribution in [1.29, 1.82) is 0 Å². The highest BCUT2D eigenvalue weighted by Gasteiger charge is 2.32. The lowest BCUT2D eigenvalue weighted by molar-refractivity contribution is -0.618. The molecule has 0 amide bonds. The molecular weight excluding hydrogens is 216 g/mol. The summed E-state index contributed by atoms with van der Waals surface area (Å²) in [5.41, 5.74) is 0. The van der Waals surface area contributed by atoms with Crippen LogP contribution >= 0.6 is 0 Å². The summed E-state index contributed by atoms with van der Waals surface area (Å²) >= 11 is 0. The van der Waals surface area contributed by atoms with Crippen LogP contribution in [0.15, 0.2) is 11.6 Å². The van der Waals surface area contributed by atoms with Crippen LogP contribution in [0.1, 0.15) is 26.7 Å². The maximum Gasteiger partial charge on any atom is 0.599 e. The molecule has 92 valence electrons. The van der Waals surface area contributed by atoms with Gasteiger partial charge in [-0.05, 0) is 12.8 Å². The lowest BCUT2D eigenvalue weighted by Crippen LogP contribution is -2.33. The topological polar surface area (TPSA) is 110 Å². The Kier molecular flexibility index (Phi) is 6.57. The third kappa shape index (κ3) is 4.58. The van der Waals surface area contributed by atoms with Crippen LogP contribution in [0, 0.1) is 20.2 Å². The highest BCUT2D eigenvalue weighted by molar-refractivity contribution is 4.97. The van der Waals surface area contributed by atoms with E-state index in [4.69, 9.17) is 0 Å². The van der Waals surface area contributed by atoms with Crippen molar-refractivity contribution in [3.63, 3.8) is 0 Å². The van der Waals surface area contributed by atoms with Gasteiger partial charge in [0.25, 0.3) is 5.82 Å². The molecule has 0 saturated heterocycles. The van der Waals surface area contributed by atoms with E-state index in [0.717, 1.165) is 12.8 Å². The fraction of sp³-hybridized carbons (Fsp3) is 0.750. The van der Waals surface area contributed by atoms with Crippen LogP contribution < -0.4 is 10.6 Å². The number of rotatable bonds is 8. The van der Waals surface area contributed by atoms with Crippen molar-refractivity contribution in [3.05, 3.63) is 31.9 Å². The number of hydrogen-bond donors (Lipinski definition) is 2. The average Bonchev–Trinajstić information content (AvgIpc) is 2.20. The van der Waals surface area contributed by atoms with Crippen molar-refractivity contribution in [2.24, 2.45) is 0 Å². The van der Waals surface area contributed by atoms with Gasteiger partial charge in [-0.15, -0.1) is 0 Å². The fourth-order valence-electron chi connectivity index (χ4n) is 0.970. The molecule has 0 aromatic carbocycles. The predicted octanol–water partition coefficient (Wildman–Crippen LogP) is 0.666. The molecule has 0 radical (unpaired) electrons. The predicted molar refractivity (Wildman–Crippen MR) is 57.6 cm³/mol. The zero-order valence-electron chi connectivity index (χ0n) is 9.36. The summed E-state index contributed by atoms with van der Waals surface area (Å²) in [5, 5.41) is 26.4. The second-order valence-corrected chi connectivity index (χ2v) is 3.07. The minimum Gasteiger partial charge on any atom is -0.360 e. The van der Waals surface area contributed by atoms with E-state index >= 15 is 0 Å². The molecule has 0 spiro atoms. The summed E-state index contributed by atoms with van der Waals surface area (Å²) in [5.74, 6) is -1.17. The summed E-state index contributed by atoms with van der Waals surface area (Å²) in [6.07, 6.45) is 1.44. The van der Waals surface area contributed by atoms with Crippen LogP contribution in [0.4, 0.5) is 0 Å². The van der Waals surface area contributed by atoms with Crippen molar-refractivity contribution >= 4 is 0 Å².